The summed E-state index contributed by atoms with van der Waals surface area (Å²) in [5.74, 6) is -1.17. The lowest BCUT2D eigenvalue weighted by molar-refractivity contribution is -0.166. The molecule has 0 spiro atoms. The molecule has 0 saturated heterocycles. The van der Waals surface area contributed by atoms with E-state index in [1.807, 2.05) is 91.1 Å². The highest BCUT2D eigenvalue weighted by Gasteiger charge is 2.19. The first-order valence-electron chi connectivity index (χ1n) is 26.4. The second-order valence-electron chi connectivity index (χ2n) is 16.5. The summed E-state index contributed by atoms with van der Waals surface area (Å²) in [6.45, 7) is 6.18. The number of hydrogen-bond donors (Lipinski definition) is 0. The molecule has 0 aromatic heterocycles. The Labute approximate surface area is 421 Å². The molecule has 0 aliphatic heterocycles. The van der Waals surface area contributed by atoms with Gasteiger partial charge in [0.2, 0.25) is 0 Å². The molecule has 0 aliphatic carbocycles. The molecule has 0 fully saturated rings. The molecule has 0 aromatic rings. The number of carbonyl (C=O) groups is 3. The molecule has 0 aliphatic rings. The summed E-state index contributed by atoms with van der Waals surface area (Å²) in [7, 11) is 0. The van der Waals surface area contributed by atoms with Gasteiger partial charge in [-0.25, -0.2) is 0 Å². The number of esters is 3. The third-order valence-electron chi connectivity index (χ3n) is 10.1. The van der Waals surface area contributed by atoms with Crippen molar-refractivity contribution in [1.29, 1.82) is 0 Å². The normalized spacial score (nSPS) is 13.6. The summed E-state index contributed by atoms with van der Waals surface area (Å²) < 4.78 is 16.6. The molecule has 1 atom stereocenters. The minimum atomic E-state index is -0.871. The first-order valence-corrected chi connectivity index (χ1v) is 26.4. The minimum absolute atomic E-state index is 0.160. The molecule has 69 heavy (non-hydrogen) atoms. The van der Waals surface area contributed by atoms with Gasteiger partial charge in [0, 0.05) is 19.3 Å². The highest BCUT2D eigenvalue weighted by Crippen LogP contribution is 2.10. The summed E-state index contributed by atoms with van der Waals surface area (Å²) in [4.78, 5) is 38.0. The van der Waals surface area contributed by atoms with Crippen LogP contribution in [-0.2, 0) is 28.6 Å². The van der Waals surface area contributed by atoms with E-state index in [1.165, 1.54) is 38.5 Å². The zero-order valence-corrected chi connectivity index (χ0v) is 43.2. The third-order valence-corrected chi connectivity index (χ3v) is 10.1. The molecule has 380 valence electrons. The maximum atomic E-state index is 12.8. The molecule has 0 aromatic carbocycles. The fraction of sp³-hybridized carbons (Fsp3) is 0.476. The molecule has 0 saturated carbocycles. The summed E-state index contributed by atoms with van der Waals surface area (Å²) in [5, 5.41) is 0. The van der Waals surface area contributed by atoms with Gasteiger partial charge in [-0.1, -0.05) is 242 Å². The van der Waals surface area contributed by atoms with Crippen LogP contribution in [0.2, 0.25) is 0 Å². The maximum Gasteiger partial charge on any atom is 0.306 e. The van der Waals surface area contributed by atoms with Crippen LogP contribution in [0.5, 0.6) is 0 Å². The number of rotatable bonds is 44. The quantitative estimate of drug-likeness (QED) is 0.0199. The van der Waals surface area contributed by atoms with Crippen molar-refractivity contribution in [2.75, 3.05) is 13.2 Å². The van der Waals surface area contributed by atoms with Crippen molar-refractivity contribution in [1.82, 2.24) is 0 Å². The third kappa shape index (κ3) is 53.3. The van der Waals surface area contributed by atoms with Gasteiger partial charge in [-0.05, 0) is 96.3 Å². The number of unbranched alkanes of at least 4 members (excludes halogenated alkanes) is 9. The average Bonchev–Trinajstić information content (AvgIpc) is 3.35. The van der Waals surface area contributed by atoms with Gasteiger partial charge in [0.15, 0.2) is 6.10 Å². The molecule has 0 N–H and O–H groups in total. The second-order valence-corrected chi connectivity index (χ2v) is 16.5. The monoisotopic (exact) mass is 945 g/mol. The van der Waals surface area contributed by atoms with Crippen LogP contribution < -0.4 is 0 Å². The lowest BCUT2D eigenvalue weighted by atomic mass is 10.1. The predicted molar refractivity (Wildman–Crippen MR) is 297 cm³/mol. The molecule has 0 rings (SSSR count). The highest BCUT2D eigenvalue weighted by molar-refractivity contribution is 5.71. The number of ether oxygens (including phenoxy) is 3. The van der Waals surface area contributed by atoms with Gasteiger partial charge < -0.3 is 14.2 Å². The molecule has 6 nitrogen and oxygen atoms in total. The molecule has 0 bridgehead atoms. The van der Waals surface area contributed by atoms with Gasteiger partial charge in [0.25, 0.3) is 0 Å². The fourth-order valence-electron chi connectivity index (χ4n) is 6.21. The average molecular weight is 945 g/mol. The van der Waals surface area contributed by atoms with E-state index in [0.717, 1.165) is 77.0 Å². The Kier molecular flexibility index (Phi) is 50.7. The summed E-state index contributed by atoms with van der Waals surface area (Å²) in [5.41, 5.74) is 0. The van der Waals surface area contributed by atoms with Crippen molar-refractivity contribution in [3.8, 4) is 0 Å². The first kappa shape index (κ1) is 63.5. The van der Waals surface area contributed by atoms with Crippen molar-refractivity contribution in [2.24, 2.45) is 0 Å². The topological polar surface area (TPSA) is 78.9 Å². The van der Waals surface area contributed by atoms with Gasteiger partial charge in [0.1, 0.15) is 13.2 Å². The van der Waals surface area contributed by atoms with E-state index in [0.29, 0.717) is 19.3 Å². The molecule has 0 amide bonds. The van der Waals surface area contributed by atoms with E-state index in [9.17, 15) is 14.4 Å². The largest absolute Gasteiger partial charge is 0.462 e. The Morgan fingerprint density at radius 2 is 0.667 bits per heavy atom. The SMILES string of the molecule is CC\C=C/C=C\C=C/C=C\C=C\C=C/C=C\CCCCCC(=O)OCC(COC(=O)CC/C=C\C/C=C\CCCCCCCC)OC(=O)CC/C=C\C/C=C\C/C=C\C/C=C\C/C=C\C/C=C\CC. The molecule has 6 heteroatoms. The van der Waals surface area contributed by atoms with Gasteiger partial charge in [-0.15, -0.1) is 0 Å². The maximum absolute atomic E-state index is 12.8. The second kappa shape index (κ2) is 55.1. The van der Waals surface area contributed by atoms with E-state index in [1.54, 1.807) is 0 Å². The van der Waals surface area contributed by atoms with Crippen LogP contribution in [0.4, 0.5) is 0 Å². The number of allylic oxidation sites excluding steroid dienone is 30. The van der Waals surface area contributed by atoms with E-state index >= 15 is 0 Å². The highest BCUT2D eigenvalue weighted by atomic mass is 16.6. The lowest BCUT2D eigenvalue weighted by Crippen LogP contribution is -2.30. The minimum Gasteiger partial charge on any atom is -0.462 e. The molecular formula is C63H92O6. The van der Waals surface area contributed by atoms with E-state index in [-0.39, 0.29) is 44.4 Å². The summed E-state index contributed by atoms with van der Waals surface area (Å²) in [6, 6.07) is 0. The number of hydrogen-bond acceptors (Lipinski definition) is 6. The lowest BCUT2D eigenvalue weighted by Gasteiger charge is -2.18. The molecular weight excluding hydrogens is 853 g/mol. The van der Waals surface area contributed by atoms with Crippen LogP contribution >= 0.6 is 0 Å². The van der Waals surface area contributed by atoms with Crippen molar-refractivity contribution in [3.63, 3.8) is 0 Å². The standard InChI is InChI=1S/C63H92O6/c1-4-7-10-13-16-19-22-25-27-29-31-33-35-38-41-44-47-50-53-56-62(65)68-59-60(58-67-61(64)55-52-49-46-43-40-37-24-21-18-15-12-9-6-3)69-63(66)57-54-51-48-45-42-39-36-34-32-30-28-26-23-20-17-14-11-8-5-2/h7-8,10-11,13,16-17,19-20,22,25-29,31-35,37-42,46,48-49,51,60H,4-6,9,12,14-15,18,21,23-24,30,36,43-45,47,50,52-59H2,1-3H3/b10-7-,11-8-,16-13-,20-17-,22-19-,27-25-,28-26-,31-29+,34-32-,35-33-,40-37-,41-38-,42-39-,49-46-,51-48-. The van der Waals surface area contributed by atoms with Crippen LogP contribution in [0.1, 0.15) is 175 Å². The zero-order valence-electron chi connectivity index (χ0n) is 43.2. The van der Waals surface area contributed by atoms with Gasteiger partial charge in [-0.3, -0.25) is 14.4 Å². The molecule has 1 unspecified atom stereocenters. The van der Waals surface area contributed by atoms with Crippen LogP contribution in [0.15, 0.2) is 182 Å². The van der Waals surface area contributed by atoms with Crippen molar-refractivity contribution < 1.29 is 28.6 Å². The van der Waals surface area contributed by atoms with E-state index in [2.05, 4.69) is 112 Å². The van der Waals surface area contributed by atoms with Gasteiger partial charge >= 0.3 is 17.9 Å². The Morgan fingerprint density at radius 1 is 0.319 bits per heavy atom. The summed E-state index contributed by atoms with van der Waals surface area (Å²) >= 11 is 0. The Bertz CT molecular complexity index is 1700. The van der Waals surface area contributed by atoms with Crippen molar-refractivity contribution in [2.45, 2.75) is 181 Å². The van der Waals surface area contributed by atoms with Crippen molar-refractivity contribution in [3.05, 3.63) is 182 Å². The van der Waals surface area contributed by atoms with Crippen LogP contribution in [0.3, 0.4) is 0 Å². The Morgan fingerprint density at radius 3 is 1.14 bits per heavy atom. The van der Waals surface area contributed by atoms with Gasteiger partial charge in [0.05, 0.1) is 0 Å². The van der Waals surface area contributed by atoms with E-state index in [4.69, 9.17) is 14.2 Å². The predicted octanol–water partition coefficient (Wildman–Crippen LogP) is 17.7. The molecule has 0 radical (unpaired) electrons. The van der Waals surface area contributed by atoms with Crippen LogP contribution in [0, 0.1) is 0 Å². The molecule has 0 heterocycles. The smallest absolute Gasteiger partial charge is 0.306 e. The fourth-order valence-corrected chi connectivity index (χ4v) is 6.21. The van der Waals surface area contributed by atoms with Crippen LogP contribution in [-0.4, -0.2) is 37.2 Å². The van der Waals surface area contributed by atoms with Crippen LogP contribution in [0.25, 0.3) is 0 Å². The zero-order chi connectivity index (χ0) is 50.0. The first-order chi connectivity index (χ1) is 34.0. The Hall–Kier alpha value is -5.49. The van der Waals surface area contributed by atoms with Gasteiger partial charge in [-0.2, -0.15) is 0 Å². The summed E-state index contributed by atoms with van der Waals surface area (Å²) in [6.07, 6.45) is 83.2. The van der Waals surface area contributed by atoms with E-state index < -0.39 is 12.1 Å². The van der Waals surface area contributed by atoms with Crippen molar-refractivity contribution >= 4 is 17.9 Å². The Balaban J connectivity index is 4.71. The number of carbonyl (C=O) groups excluding carboxylic acids is 3.